The van der Waals surface area contributed by atoms with Gasteiger partial charge in [0.2, 0.25) is 0 Å². The molecule has 1 saturated heterocycles. The molecular formula is C16H21N3O2. The van der Waals surface area contributed by atoms with E-state index in [1.54, 1.807) is 12.1 Å². The number of anilines is 1. The fourth-order valence-corrected chi connectivity index (χ4v) is 2.61. The molecular weight excluding hydrogens is 266 g/mol. The lowest BCUT2D eigenvalue weighted by Crippen LogP contribution is -2.47. The largest absolute Gasteiger partial charge is 0.396 e. The van der Waals surface area contributed by atoms with Gasteiger partial charge in [0.25, 0.3) is 0 Å². The van der Waals surface area contributed by atoms with Gasteiger partial charge in [0.15, 0.2) is 5.78 Å². The third-order valence-electron chi connectivity index (χ3n) is 3.87. The summed E-state index contributed by atoms with van der Waals surface area (Å²) < 4.78 is 0. The Bertz CT molecular complexity index is 543. The Labute approximate surface area is 125 Å². The minimum absolute atomic E-state index is 0.0160. The quantitative estimate of drug-likeness (QED) is 0.826. The second-order valence-corrected chi connectivity index (χ2v) is 5.31. The first-order chi connectivity index (χ1) is 10.2. The van der Waals surface area contributed by atoms with Crippen molar-refractivity contribution in [2.24, 2.45) is 0 Å². The van der Waals surface area contributed by atoms with Crippen LogP contribution in [0.2, 0.25) is 0 Å². The lowest BCUT2D eigenvalue weighted by molar-refractivity contribution is 0.101. The van der Waals surface area contributed by atoms with Crippen LogP contribution in [0.4, 0.5) is 5.69 Å². The van der Waals surface area contributed by atoms with E-state index in [4.69, 9.17) is 5.11 Å². The summed E-state index contributed by atoms with van der Waals surface area (Å²) in [5, 5.41) is 18.1. The van der Waals surface area contributed by atoms with Gasteiger partial charge in [-0.3, -0.25) is 9.69 Å². The number of ketones is 1. The molecule has 5 heteroatoms. The van der Waals surface area contributed by atoms with Gasteiger partial charge in [-0.15, -0.1) is 0 Å². The molecule has 0 bridgehead atoms. The minimum Gasteiger partial charge on any atom is -0.396 e. The van der Waals surface area contributed by atoms with Gasteiger partial charge in [0.1, 0.15) is 6.07 Å². The summed E-state index contributed by atoms with van der Waals surface area (Å²) in [5.74, 6) is 0.0160. The number of aliphatic hydroxyl groups excluding tert-OH is 1. The van der Waals surface area contributed by atoms with Gasteiger partial charge in [0, 0.05) is 44.9 Å². The number of hydrogen-bond donors (Lipinski definition) is 1. The number of hydrogen-bond acceptors (Lipinski definition) is 5. The number of benzene rings is 1. The Morgan fingerprint density at radius 1 is 1.33 bits per heavy atom. The van der Waals surface area contributed by atoms with Crippen LogP contribution in [0.5, 0.6) is 0 Å². The van der Waals surface area contributed by atoms with Gasteiger partial charge in [-0.2, -0.15) is 5.26 Å². The van der Waals surface area contributed by atoms with Crippen molar-refractivity contribution < 1.29 is 9.90 Å². The summed E-state index contributed by atoms with van der Waals surface area (Å²) in [7, 11) is 0. The van der Waals surface area contributed by atoms with Crippen LogP contribution in [-0.2, 0) is 0 Å². The summed E-state index contributed by atoms with van der Waals surface area (Å²) in [6.07, 6.45) is 0.795. The Kier molecular flexibility index (Phi) is 5.32. The average molecular weight is 287 g/mol. The van der Waals surface area contributed by atoms with Crippen LogP contribution >= 0.6 is 0 Å². The molecule has 0 aromatic heterocycles. The number of rotatable bonds is 5. The third kappa shape index (κ3) is 3.81. The first-order valence-electron chi connectivity index (χ1n) is 7.29. The van der Waals surface area contributed by atoms with Crippen molar-refractivity contribution >= 4 is 11.5 Å². The second-order valence-electron chi connectivity index (χ2n) is 5.31. The van der Waals surface area contributed by atoms with E-state index in [-0.39, 0.29) is 12.4 Å². The van der Waals surface area contributed by atoms with Crippen molar-refractivity contribution in [2.45, 2.75) is 13.3 Å². The molecule has 1 aliphatic heterocycles. The number of carbonyl (C=O) groups excluding carboxylic acids is 1. The van der Waals surface area contributed by atoms with E-state index in [0.717, 1.165) is 44.8 Å². The lowest BCUT2D eigenvalue weighted by Gasteiger charge is -2.36. The average Bonchev–Trinajstić information content (AvgIpc) is 2.52. The summed E-state index contributed by atoms with van der Waals surface area (Å²) in [6, 6.07) is 7.47. The molecule has 1 heterocycles. The van der Waals surface area contributed by atoms with Crippen LogP contribution in [0.3, 0.4) is 0 Å². The van der Waals surface area contributed by atoms with Gasteiger partial charge in [-0.1, -0.05) is 0 Å². The Hall–Kier alpha value is -1.90. The highest BCUT2D eigenvalue weighted by molar-refractivity contribution is 5.95. The first-order valence-corrected chi connectivity index (χ1v) is 7.29. The second kappa shape index (κ2) is 7.21. The van der Waals surface area contributed by atoms with E-state index in [0.29, 0.717) is 11.1 Å². The zero-order valence-corrected chi connectivity index (χ0v) is 12.4. The molecule has 2 rings (SSSR count). The van der Waals surface area contributed by atoms with Crippen LogP contribution in [-0.4, -0.2) is 55.1 Å². The molecule has 1 aliphatic rings. The predicted octanol–water partition coefficient (Wildman–Crippen LogP) is 1.27. The smallest absolute Gasteiger partial charge is 0.159 e. The number of nitriles is 1. The molecule has 0 radical (unpaired) electrons. The standard InChI is InChI=1S/C16H21N3O2/c1-13(21)14-3-4-15(12-17)16(11-14)19-8-6-18(7-9-19)5-2-10-20/h3-4,11,20H,2,5-10H2,1H3. The minimum atomic E-state index is 0.0160. The van der Waals surface area contributed by atoms with E-state index in [2.05, 4.69) is 15.9 Å². The van der Waals surface area contributed by atoms with E-state index < -0.39 is 0 Å². The van der Waals surface area contributed by atoms with Gasteiger partial charge < -0.3 is 10.0 Å². The topological polar surface area (TPSA) is 67.6 Å². The molecule has 0 amide bonds. The fraction of sp³-hybridized carbons (Fsp3) is 0.500. The molecule has 0 saturated carbocycles. The lowest BCUT2D eigenvalue weighted by atomic mass is 10.1. The number of nitrogens with zero attached hydrogens (tertiary/aromatic N) is 3. The number of aliphatic hydroxyl groups is 1. The monoisotopic (exact) mass is 287 g/mol. The number of carbonyl (C=O) groups is 1. The Morgan fingerprint density at radius 2 is 2.05 bits per heavy atom. The number of Topliss-reactive ketones (excluding diaryl/α,β-unsaturated/α-hetero) is 1. The van der Waals surface area contributed by atoms with Crippen molar-refractivity contribution in [1.29, 1.82) is 5.26 Å². The SMILES string of the molecule is CC(=O)c1ccc(C#N)c(N2CCN(CCCO)CC2)c1. The maximum atomic E-state index is 11.5. The zero-order valence-electron chi connectivity index (χ0n) is 12.4. The van der Waals surface area contributed by atoms with Gasteiger partial charge >= 0.3 is 0 Å². The highest BCUT2D eigenvalue weighted by Gasteiger charge is 2.19. The zero-order chi connectivity index (χ0) is 15.2. The molecule has 1 fully saturated rings. The van der Waals surface area contributed by atoms with Gasteiger partial charge in [-0.05, 0) is 31.5 Å². The summed E-state index contributed by atoms with van der Waals surface area (Å²) in [5.41, 5.74) is 2.11. The molecule has 5 nitrogen and oxygen atoms in total. The van der Waals surface area contributed by atoms with Crippen molar-refractivity contribution in [3.8, 4) is 6.07 Å². The van der Waals surface area contributed by atoms with E-state index in [1.165, 1.54) is 6.92 Å². The number of piperazine rings is 1. The normalized spacial score (nSPS) is 15.8. The summed E-state index contributed by atoms with van der Waals surface area (Å²) in [6.45, 7) is 6.16. The first kappa shape index (κ1) is 15.5. The van der Waals surface area contributed by atoms with Gasteiger partial charge in [0.05, 0.1) is 11.3 Å². The molecule has 1 N–H and O–H groups in total. The van der Waals surface area contributed by atoms with Crippen LogP contribution in [0.15, 0.2) is 18.2 Å². The molecule has 0 aliphatic carbocycles. The molecule has 0 atom stereocenters. The molecule has 1 aromatic carbocycles. The maximum absolute atomic E-state index is 11.5. The Balaban J connectivity index is 2.10. The highest BCUT2D eigenvalue weighted by atomic mass is 16.3. The van der Waals surface area contributed by atoms with Crippen LogP contribution in [0.25, 0.3) is 0 Å². The predicted molar refractivity (Wildman–Crippen MR) is 81.5 cm³/mol. The van der Waals surface area contributed by atoms with Crippen molar-refractivity contribution in [3.63, 3.8) is 0 Å². The van der Waals surface area contributed by atoms with Crippen molar-refractivity contribution in [1.82, 2.24) is 4.90 Å². The van der Waals surface area contributed by atoms with Gasteiger partial charge in [-0.25, -0.2) is 0 Å². The van der Waals surface area contributed by atoms with Crippen LogP contribution in [0.1, 0.15) is 29.3 Å². The van der Waals surface area contributed by atoms with E-state index in [1.807, 2.05) is 6.07 Å². The van der Waals surface area contributed by atoms with E-state index >= 15 is 0 Å². The van der Waals surface area contributed by atoms with Crippen molar-refractivity contribution in [2.75, 3.05) is 44.2 Å². The molecule has 21 heavy (non-hydrogen) atoms. The fourth-order valence-electron chi connectivity index (χ4n) is 2.61. The van der Waals surface area contributed by atoms with Crippen molar-refractivity contribution in [3.05, 3.63) is 29.3 Å². The van der Waals surface area contributed by atoms with E-state index in [9.17, 15) is 10.1 Å². The summed E-state index contributed by atoms with van der Waals surface area (Å²) in [4.78, 5) is 16.0. The highest BCUT2D eigenvalue weighted by Crippen LogP contribution is 2.23. The summed E-state index contributed by atoms with van der Waals surface area (Å²) >= 11 is 0. The van der Waals surface area contributed by atoms with Crippen LogP contribution in [0, 0.1) is 11.3 Å². The molecule has 0 spiro atoms. The molecule has 1 aromatic rings. The van der Waals surface area contributed by atoms with Crippen LogP contribution < -0.4 is 4.90 Å². The maximum Gasteiger partial charge on any atom is 0.159 e. The Morgan fingerprint density at radius 3 is 2.62 bits per heavy atom. The molecule has 112 valence electrons. The third-order valence-corrected chi connectivity index (χ3v) is 3.87. The molecule has 0 unspecified atom stereocenters.